The first-order chi connectivity index (χ1) is 10.5. The minimum absolute atomic E-state index is 0.401. The highest BCUT2D eigenvalue weighted by atomic mass is 35.5. The summed E-state index contributed by atoms with van der Waals surface area (Å²) in [7, 11) is 0. The lowest BCUT2D eigenvalue weighted by atomic mass is 10.0. The zero-order chi connectivity index (χ0) is 15.9. The van der Waals surface area contributed by atoms with Crippen LogP contribution in [-0.4, -0.2) is 4.57 Å². The van der Waals surface area contributed by atoms with Gasteiger partial charge in [-0.05, 0) is 35.7 Å². The molecule has 0 saturated carbocycles. The Kier molecular flexibility index (Phi) is 3.89. The van der Waals surface area contributed by atoms with Gasteiger partial charge in [0.1, 0.15) is 10.2 Å². The molecule has 112 valence electrons. The summed E-state index contributed by atoms with van der Waals surface area (Å²) in [6.45, 7) is 4.24. The first kappa shape index (κ1) is 15.0. The van der Waals surface area contributed by atoms with Crippen LogP contribution in [0.5, 0.6) is 0 Å². The molecule has 0 radical (unpaired) electrons. The van der Waals surface area contributed by atoms with Gasteiger partial charge < -0.3 is 4.42 Å². The number of nitrogens with zero attached hydrogens (tertiary/aromatic N) is 1. The third-order valence-corrected chi connectivity index (χ3v) is 4.21. The lowest BCUT2D eigenvalue weighted by molar-refractivity contribution is 0.507. The van der Waals surface area contributed by atoms with E-state index >= 15 is 0 Å². The van der Waals surface area contributed by atoms with Crippen LogP contribution in [0.1, 0.15) is 25.3 Å². The summed E-state index contributed by atoms with van der Waals surface area (Å²) in [5, 5.41) is 1.19. The van der Waals surface area contributed by atoms with Gasteiger partial charge >= 0.3 is 5.76 Å². The number of aromatic nitrogens is 1. The van der Waals surface area contributed by atoms with E-state index in [1.165, 1.54) is 10.1 Å². The maximum atomic E-state index is 12.3. The molecule has 2 aromatic carbocycles. The van der Waals surface area contributed by atoms with Crippen molar-refractivity contribution in [2.24, 2.45) is 0 Å². The van der Waals surface area contributed by atoms with E-state index in [0.29, 0.717) is 32.2 Å². The summed E-state index contributed by atoms with van der Waals surface area (Å²) in [5.41, 5.74) is 2.30. The van der Waals surface area contributed by atoms with Crippen molar-refractivity contribution in [1.29, 1.82) is 0 Å². The van der Waals surface area contributed by atoms with E-state index in [1.54, 1.807) is 18.2 Å². The van der Waals surface area contributed by atoms with Crippen LogP contribution in [0.4, 0.5) is 0 Å². The fourth-order valence-corrected chi connectivity index (χ4v) is 2.84. The first-order valence-corrected chi connectivity index (χ1v) is 7.72. The maximum absolute atomic E-state index is 12.3. The van der Waals surface area contributed by atoms with Crippen molar-refractivity contribution in [1.82, 2.24) is 4.57 Å². The van der Waals surface area contributed by atoms with E-state index in [-0.39, 0.29) is 0 Å². The lowest BCUT2D eigenvalue weighted by Crippen LogP contribution is -2.18. The Bertz CT molecular complexity index is 955. The third-order valence-electron chi connectivity index (χ3n) is 3.57. The van der Waals surface area contributed by atoms with Crippen LogP contribution >= 0.6 is 23.8 Å². The van der Waals surface area contributed by atoms with Crippen LogP contribution in [-0.2, 0) is 0 Å². The van der Waals surface area contributed by atoms with Gasteiger partial charge in [-0.15, -0.1) is 0 Å². The van der Waals surface area contributed by atoms with E-state index < -0.39 is 5.76 Å². The quantitative estimate of drug-likeness (QED) is 0.613. The summed E-state index contributed by atoms with van der Waals surface area (Å²) >= 11 is 11.4. The van der Waals surface area contributed by atoms with Gasteiger partial charge in [0, 0.05) is 11.1 Å². The van der Waals surface area contributed by atoms with Crippen LogP contribution in [0.15, 0.2) is 51.7 Å². The van der Waals surface area contributed by atoms with Crippen LogP contribution < -0.4 is 5.76 Å². The molecule has 0 aliphatic heterocycles. The second kappa shape index (κ2) is 5.71. The molecule has 0 N–H and O–H groups in total. The summed E-state index contributed by atoms with van der Waals surface area (Å²) < 4.78 is 7.16. The molecule has 3 aromatic rings. The van der Waals surface area contributed by atoms with Gasteiger partial charge in [0.2, 0.25) is 0 Å². The summed E-state index contributed by atoms with van der Waals surface area (Å²) in [6.07, 6.45) is 0. The molecular formula is C17H14ClNO2S. The number of fused-ring (bicyclic) bond motifs is 1. The Hall–Kier alpha value is -1.91. The highest BCUT2D eigenvalue weighted by molar-refractivity contribution is 7.71. The number of halogens is 1. The Morgan fingerprint density at radius 1 is 1.14 bits per heavy atom. The molecule has 22 heavy (non-hydrogen) atoms. The fraction of sp³-hybridized carbons (Fsp3) is 0.176. The predicted molar refractivity (Wildman–Crippen MR) is 91.7 cm³/mol. The number of rotatable bonds is 2. The van der Waals surface area contributed by atoms with Crippen molar-refractivity contribution in [3.63, 3.8) is 0 Å². The van der Waals surface area contributed by atoms with E-state index in [2.05, 4.69) is 13.8 Å². The van der Waals surface area contributed by atoms with Gasteiger partial charge in [-0.1, -0.05) is 49.8 Å². The van der Waals surface area contributed by atoms with Crippen LogP contribution in [0.2, 0.25) is 5.02 Å². The van der Waals surface area contributed by atoms with Crippen molar-refractivity contribution in [2.45, 2.75) is 19.8 Å². The van der Waals surface area contributed by atoms with E-state index in [4.69, 9.17) is 28.2 Å². The molecule has 0 aliphatic carbocycles. The van der Waals surface area contributed by atoms with E-state index in [1.807, 2.05) is 24.3 Å². The SMILES string of the molecule is CC(C)c1ccc(-n2c(=O)oc3cc(Cl)ccc3c2=S)cc1. The third kappa shape index (κ3) is 2.60. The average Bonchev–Trinajstić information content (AvgIpc) is 2.47. The molecule has 0 spiro atoms. The molecule has 0 saturated heterocycles. The fourth-order valence-electron chi connectivity index (χ4n) is 2.33. The summed E-state index contributed by atoms with van der Waals surface area (Å²) in [6, 6.07) is 12.8. The minimum atomic E-state index is -0.517. The normalized spacial score (nSPS) is 11.3. The van der Waals surface area contributed by atoms with Crippen molar-refractivity contribution < 1.29 is 4.42 Å². The smallest absolute Gasteiger partial charge is 0.409 e. The maximum Gasteiger partial charge on any atom is 0.425 e. The standard InChI is InChI=1S/C17H14ClNO2S/c1-10(2)11-3-6-13(7-4-11)19-16(22)14-8-5-12(18)9-15(14)21-17(19)20/h3-10H,1-2H3. The second-order valence-electron chi connectivity index (χ2n) is 5.40. The molecule has 1 aromatic heterocycles. The highest BCUT2D eigenvalue weighted by Gasteiger charge is 2.10. The summed E-state index contributed by atoms with van der Waals surface area (Å²) in [5.74, 6) is -0.0887. The van der Waals surface area contributed by atoms with E-state index in [0.717, 1.165) is 0 Å². The van der Waals surface area contributed by atoms with Gasteiger partial charge in [0.05, 0.1) is 11.1 Å². The summed E-state index contributed by atoms with van der Waals surface area (Å²) in [4.78, 5) is 12.3. The monoisotopic (exact) mass is 331 g/mol. The molecule has 3 nitrogen and oxygen atoms in total. The number of hydrogen-bond acceptors (Lipinski definition) is 3. The van der Waals surface area contributed by atoms with Gasteiger partial charge in [-0.3, -0.25) is 0 Å². The minimum Gasteiger partial charge on any atom is -0.409 e. The zero-order valence-corrected chi connectivity index (χ0v) is 13.7. The largest absolute Gasteiger partial charge is 0.425 e. The van der Waals surface area contributed by atoms with Crippen LogP contribution in [0.25, 0.3) is 16.7 Å². The molecule has 5 heteroatoms. The molecule has 3 rings (SSSR count). The Labute approximate surface area is 137 Å². The first-order valence-electron chi connectivity index (χ1n) is 6.93. The number of hydrogen-bond donors (Lipinski definition) is 0. The molecule has 0 atom stereocenters. The molecule has 0 amide bonds. The molecule has 0 fully saturated rings. The molecule has 0 aliphatic rings. The van der Waals surface area contributed by atoms with Gasteiger partial charge in [0.15, 0.2) is 0 Å². The Balaban J connectivity index is 2.25. The Morgan fingerprint density at radius 3 is 2.45 bits per heavy atom. The predicted octanol–water partition coefficient (Wildman–Crippen LogP) is 5.09. The van der Waals surface area contributed by atoms with Gasteiger partial charge in [-0.2, -0.15) is 0 Å². The van der Waals surface area contributed by atoms with Crippen molar-refractivity contribution in [2.75, 3.05) is 0 Å². The second-order valence-corrected chi connectivity index (χ2v) is 6.22. The van der Waals surface area contributed by atoms with Crippen molar-refractivity contribution >= 4 is 34.8 Å². The zero-order valence-electron chi connectivity index (χ0n) is 12.2. The van der Waals surface area contributed by atoms with E-state index in [9.17, 15) is 4.79 Å². The van der Waals surface area contributed by atoms with Crippen LogP contribution in [0.3, 0.4) is 0 Å². The van der Waals surface area contributed by atoms with Crippen molar-refractivity contribution in [3.05, 3.63) is 68.2 Å². The topological polar surface area (TPSA) is 35.1 Å². The molecule has 0 unspecified atom stereocenters. The Morgan fingerprint density at radius 2 is 1.82 bits per heavy atom. The van der Waals surface area contributed by atoms with Gasteiger partial charge in [0.25, 0.3) is 0 Å². The van der Waals surface area contributed by atoms with Gasteiger partial charge in [-0.25, -0.2) is 9.36 Å². The molecular weight excluding hydrogens is 318 g/mol. The van der Waals surface area contributed by atoms with Crippen molar-refractivity contribution in [3.8, 4) is 5.69 Å². The molecule has 1 heterocycles. The lowest BCUT2D eigenvalue weighted by Gasteiger charge is -2.09. The highest BCUT2D eigenvalue weighted by Crippen LogP contribution is 2.21. The molecule has 0 bridgehead atoms. The number of benzene rings is 2. The average molecular weight is 332 g/mol. The van der Waals surface area contributed by atoms with Crippen LogP contribution in [0, 0.1) is 4.64 Å².